The van der Waals surface area contributed by atoms with Crippen molar-refractivity contribution in [2.75, 3.05) is 23.4 Å². The van der Waals surface area contributed by atoms with Crippen molar-refractivity contribution in [1.82, 2.24) is 0 Å². The third kappa shape index (κ3) is 6.83. The first-order chi connectivity index (χ1) is 20.9. The van der Waals surface area contributed by atoms with Gasteiger partial charge >= 0.3 is 11.9 Å². The number of unbranched alkanes of at least 4 members (excludes halogenated alkanes) is 1. The minimum absolute atomic E-state index is 0.119. The van der Waals surface area contributed by atoms with Gasteiger partial charge in [0.1, 0.15) is 0 Å². The zero-order chi connectivity index (χ0) is 30.3. The molecule has 1 N–H and O–H groups in total. The monoisotopic (exact) mass is 582 g/mol. The summed E-state index contributed by atoms with van der Waals surface area (Å²) in [6.45, 7) is 1.81. The van der Waals surface area contributed by atoms with E-state index in [0.29, 0.717) is 36.4 Å². The fourth-order valence-corrected chi connectivity index (χ4v) is 5.73. The fourth-order valence-electron chi connectivity index (χ4n) is 5.73. The molecule has 1 saturated carbocycles. The van der Waals surface area contributed by atoms with Crippen LogP contribution in [0.3, 0.4) is 0 Å². The first kappa shape index (κ1) is 29.7. The van der Waals surface area contributed by atoms with Crippen LogP contribution in [0.1, 0.15) is 71.2 Å². The second kappa shape index (κ2) is 13.5. The smallest absolute Gasteiger partial charge is 0.338 e. The SMILES string of the molecule is CCCCOC(=O)c1ccc(NC(=O)COC(=O)c2cccc(N3C(=O)[C@H]4C[C@@H](c5ccccc5)CC[C@H]4C3=O)c2)cc1. The molecule has 3 aromatic carbocycles. The molecule has 0 aromatic heterocycles. The topological polar surface area (TPSA) is 119 Å². The quantitative estimate of drug-likeness (QED) is 0.190. The Morgan fingerprint density at radius 1 is 0.814 bits per heavy atom. The number of fused-ring (bicyclic) bond motifs is 1. The highest BCUT2D eigenvalue weighted by Gasteiger charge is 2.50. The minimum Gasteiger partial charge on any atom is -0.462 e. The van der Waals surface area contributed by atoms with Gasteiger partial charge in [0.25, 0.3) is 5.91 Å². The van der Waals surface area contributed by atoms with Gasteiger partial charge in [-0.05, 0) is 79.6 Å². The maximum atomic E-state index is 13.4. The molecule has 9 heteroatoms. The van der Waals surface area contributed by atoms with Crippen molar-refractivity contribution in [3.05, 3.63) is 95.6 Å². The van der Waals surface area contributed by atoms with E-state index in [1.165, 1.54) is 22.6 Å². The van der Waals surface area contributed by atoms with Gasteiger partial charge in [-0.25, -0.2) is 9.59 Å². The van der Waals surface area contributed by atoms with Crippen LogP contribution in [0.2, 0.25) is 0 Å². The van der Waals surface area contributed by atoms with Gasteiger partial charge in [-0.3, -0.25) is 19.3 Å². The van der Waals surface area contributed by atoms with Gasteiger partial charge in [-0.1, -0.05) is 49.7 Å². The highest BCUT2D eigenvalue weighted by atomic mass is 16.5. The second-order valence-corrected chi connectivity index (χ2v) is 10.9. The molecule has 1 aliphatic heterocycles. The van der Waals surface area contributed by atoms with Crippen LogP contribution in [0.5, 0.6) is 0 Å². The average Bonchev–Trinajstić information content (AvgIpc) is 3.29. The largest absolute Gasteiger partial charge is 0.462 e. The van der Waals surface area contributed by atoms with E-state index >= 15 is 0 Å². The molecule has 0 radical (unpaired) electrons. The molecule has 1 aliphatic carbocycles. The van der Waals surface area contributed by atoms with Crippen molar-refractivity contribution in [3.8, 4) is 0 Å². The first-order valence-corrected chi connectivity index (χ1v) is 14.6. The molecule has 9 nitrogen and oxygen atoms in total. The van der Waals surface area contributed by atoms with Crippen LogP contribution in [0.25, 0.3) is 0 Å². The third-order valence-electron chi connectivity index (χ3n) is 8.01. The lowest BCUT2D eigenvalue weighted by Gasteiger charge is -2.28. The second-order valence-electron chi connectivity index (χ2n) is 10.9. The summed E-state index contributed by atoms with van der Waals surface area (Å²) in [5, 5.41) is 2.61. The number of carbonyl (C=O) groups excluding carboxylic acids is 5. The summed E-state index contributed by atoms with van der Waals surface area (Å²) in [6.07, 6.45) is 3.78. The first-order valence-electron chi connectivity index (χ1n) is 14.6. The summed E-state index contributed by atoms with van der Waals surface area (Å²) in [7, 11) is 0. The summed E-state index contributed by atoms with van der Waals surface area (Å²) >= 11 is 0. The number of amides is 3. The summed E-state index contributed by atoms with van der Waals surface area (Å²) in [4.78, 5) is 65.1. The van der Waals surface area contributed by atoms with E-state index in [0.717, 1.165) is 19.3 Å². The normalized spacial score (nSPS) is 19.5. The molecule has 43 heavy (non-hydrogen) atoms. The Bertz CT molecular complexity index is 1500. The minimum atomic E-state index is -0.761. The molecule has 1 saturated heterocycles. The van der Waals surface area contributed by atoms with Gasteiger partial charge < -0.3 is 14.8 Å². The molecule has 3 atom stereocenters. The van der Waals surface area contributed by atoms with Crippen LogP contribution in [0.4, 0.5) is 11.4 Å². The number of carbonyl (C=O) groups is 5. The molecule has 0 bridgehead atoms. The summed E-state index contributed by atoms with van der Waals surface area (Å²) in [5.74, 6) is -2.80. The zero-order valence-electron chi connectivity index (χ0n) is 24.0. The van der Waals surface area contributed by atoms with Crippen molar-refractivity contribution in [1.29, 1.82) is 0 Å². The van der Waals surface area contributed by atoms with Gasteiger partial charge in [0.05, 0.1) is 35.3 Å². The fraction of sp³-hybridized carbons (Fsp3) is 0.324. The van der Waals surface area contributed by atoms with E-state index < -0.39 is 30.4 Å². The summed E-state index contributed by atoms with van der Waals surface area (Å²) in [5.41, 5.74) is 2.40. The number of anilines is 2. The Balaban J connectivity index is 1.16. The molecule has 3 amide bonds. The van der Waals surface area contributed by atoms with Gasteiger partial charge in [0.2, 0.25) is 11.8 Å². The van der Waals surface area contributed by atoms with Crippen molar-refractivity contribution in [3.63, 3.8) is 0 Å². The standard InChI is InChI=1S/C34H34N2O7/c1-2-3-18-42-33(40)23-12-15-26(16-13-23)35-30(37)21-43-34(41)25-10-7-11-27(19-25)36-31(38)28-17-14-24(20-29(28)32(36)39)22-8-5-4-6-9-22/h4-13,15-16,19,24,28-29H,2-3,14,17-18,20-21H2,1H3,(H,35,37)/t24-,28+,29-/m0/s1. The molecular formula is C34H34N2O7. The van der Waals surface area contributed by atoms with Crippen LogP contribution in [-0.2, 0) is 23.9 Å². The van der Waals surface area contributed by atoms with Gasteiger partial charge in [0, 0.05) is 5.69 Å². The highest BCUT2D eigenvalue weighted by Crippen LogP contribution is 2.45. The van der Waals surface area contributed by atoms with Gasteiger partial charge in [-0.2, -0.15) is 0 Å². The number of hydrogen-bond donors (Lipinski definition) is 1. The van der Waals surface area contributed by atoms with Gasteiger partial charge in [-0.15, -0.1) is 0 Å². The maximum absolute atomic E-state index is 13.4. The van der Waals surface area contributed by atoms with Crippen LogP contribution < -0.4 is 10.2 Å². The maximum Gasteiger partial charge on any atom is 0.338 e. The summed E-state index contributed by atoms with van der Waals surface area (Å²) in [6, 6.07) is 22.4. The van der Waals surface area contributed by atoms with E-state index in [4.69, 9.17) is 9.47 Å². The van der Waals surface area contributed by atoms with E-state index in [-0.39, 0.29) is 29.2 Å². The number of nitrogens with zero attached hydrogens (tertiary/aromatic N) is 1. The Kier molecular flexibility index (Phi) is 9.29. The molecule has 5 rings (SSSR count). The molecule has 0 spiro atoms. The zero-order valence-corrected chi connectivity index (χ0v) is 24.0. The van der Waals surface area contributed by atoms with Crippen molar-refractivity contribution < 1.29 is 33.4 Å². The van der Waals surface area contributed by atoms with Crippen LogP contribution in [-0.4, -0.2) is 42.9 Å². The predicted molar refractivity (Wildman–Crippen MR) is 159 cm³/mol. The number of hydrogen-bond acceptors (Lipinski definition) is 7. The van der Waals surface area contributed by atoms with E-state index in [1.807, 2.05) is 25.1 Å². The number of esters is 2. The molecular weight excluding hydrogens is 548 g/mol. The number of imide groups is 1. The molecule has 2 aliphatic rings. The van der Waals surface area contributed by atoms with Crippen molar-refractivity contribution >= 4 is 41.0 Å². The Labute approximate surface area is 250 Å². The number of ether oxygens (including phenoxy) is 2. The molecule has 1 heterocycles. The van der Waals surface area contributed by atoms with Crippen molar-refractivity contribution in [2.24, 2.45) is 11.8 Å². The molecule has 222 valence electrons. The van der Waals surface area contributed by atoms with Crippen LogP contribution >= 0.6 is 0 Å². The van der Waals surface area contributed by atoms with Gasteiger partial charge in [0.15, 0.2) is 6.61 Å². The van der Waals surface area contributed by atoms with Crippen molar-refractivity contribution in [2.45, 2.75) is 44.9 Å². The average molecular weight is 583 g/mol. The van der Waals surface area contributed by atoms with Crippen LogP contribution in [0, 0.1) is 11.8 Å². The number of rotatable bonds is 10. The Hall–Kier alpha value is -4.79. The third-order valence-corrected chi connectivity index (χ3v) is 8.01. The molecule has 0 unspecified atom stereocenters. The highest BCUT2D eigenvalue weighted by molar-refractivity contribution is 6.22. The number of nitrogens with one attached hydrogen (secondary N) is 1. The lowest BCUT2D eigenvalue weighted by molar-refractivity contribution is -0.122. The lowest BCUT2D eigenvalue weighted by atomic mass is 9.73. The molecule has 2 fully saturated rings. The molecule has 3 aromatic rings. The summed E-state index contributed by atoms with van der Waals surface area (Å²) < 4.78 is 10.4. The lowest BCUT2D eigenvalue weighted by Crippen LogP contribution is -2.31. The predicted octanol–water partition coefficient (Wildman–Crippen LogP) is 5.51. The van der Waals surface area contributed by atoms with E-state index in [1.54, 1.807) is 36.4 Å². The van der Waals surface area contributed by atoms with E-state index in [9.17, 15) is 24.0 Å². The number of benzene rings is 3. The van der Waals surface area contributed by atoms with Crippen LogP contribution in [0.15, 0.2) is 78.9 Å². The van der Waals surface area contributed by atoms with E-state index in [2.05, 4.69) is 17.4 Å². The Morgan fingerprint density at radius 2 is 1.53 bits per heavy atom. The Morgan fingerprint density at radius 3 is 2.28 bits per heavy atom.